The molecule has 2 N–H and O–H groups in total. The predicted octanol–water partition coefficient (Wildman–Crippen LogP) is 4.22. The van der Waals surface area contributed by atoms with Gasteiger partial charge in [0.25, 0.3) is 0 Å². The highest BCUT2D eigenvalue weighted by Crippen LogP contribution is 2.61. The average Bonchev–Trinajstić information content (AvgIpc) is 2.56. The number of benzene rings is 1. The summed E-state index contributed by atoms with van der Waals surface area (Å²) in [4.78, 5) is 0. The van der Waals surface area contributed by atoms with Crippen LogP contribution in [0.15, 0.2) is 5.70 Å². The Labute approximate surface area is 119 Å². The summed E-state index contributed by atoms with van der Waals surface area (Å²) in [6, 6.07) is 0. The summed E-state index contributed by atoms with van der Waals surface area (Å²) in [6.07, 6.45) is -5.84. The van der Waals surface area contributed by atoms with Gasteiger partial charge in [-0.1, -0.05) is 0 Å². The van der Waals surface area contributed by atoms with E-state index < -0.39 is 63.7 Å². The summed E-state index contributed by atoms with van der Waals surface area (Å²) in [5.41, 5.74) is -6.62. The summed E-state index contributed by atoms with van der Waals surface area (Å²) in [5, 5.41) is 0. The molecule has 0 saturated heterocycles. The number of nitrogens with two attached hydrogens (primary N) is 1. The van der Waals surface area contributed by atoms with E-state index in [1.165, 1.54) is 0 Å². The van der Waals surface area contributed by atoms with Crippen LogP contribution in [0.4, 0.5) is 48.3 Å². The molecule has 0 heterocycles. The second kappa shape index (κ2) is 4.51. The Hall–Kier alpha value is -2.01. The molecule has 2 rings (SSSR count). The van der Waals surface area contributed by atoms with Crippen LogP contribution in [0.1, 0.15) is 11.1 Å². The minimum atomic E-state index is -5.85. The average molecular weight is 357 g/mol. The summed E-state index contributed by atoms with van der Waals surface area (Å²) in [6.45, 7) is 0. The lowest BCUT2D eigenvalue weighted by Crippen LogP contribution is -2.36. The zero-order valence-corrected chi connectivity index (χ0v) is 10.2. The van der Waals surface area contributed by atoms with Gasteiger partial charge in [-0.15, -0.1) is 0 Å². The van der Waals surface area contributed by atoms with Crippen molar-refractivity contribution in [2.45, 2.75) is 18.0 Å². The van der Waals surface area contributed by atoms with Gasteiger partial charge in [0.1, 0.15) is 5.70 Å². The molecule has 0 fully saturated rings. The molecule has 23 heavy (non-hydrogen) atoms. The SMILES string of the molecule is NC(=C1c2c(F)c(F)c(F)c(F)c2C(F)(F)C1(F)F)C(F)(F)F. The van der Waals surface area contributed by atoms with E-state index in [1.54, 1.807) is 0 Å². The summed E-state index contributed by atoms with van der Waals surface area (Å²) in [5.74, 6) is -23.1. The fraction of sp³-hybridized carbons (Fsp3) is 0.273. The van der Waals surface area contributed by atoms with E-state index in [9.17, 15) is 48.3 Å². The highest BCUT2D eigenvalue weighted by molar-refractivity contribution is 5.83. The van der Waals surface area contributed by atoms with E-state index in [-0.39, 0.29) is 0 Å². The largest absolute Gasteiger partial charge is 0.431 e. The minimum absolute atomic E-state index is 2.45. The third-order valence-electron chi connectivity index (χ3n) is 3.11. The second-order valence-electron chi connectivity index (χ2n) is 4.44. The van der Waals surface area contributed by atoms with Crippen molar-refractivity contribution in [1.82, 2.24) is 0 Å². The summed E-state index contributed by atoms with van der Waals surface area (Å²) >= 11 is 0. The van der Waals surface area contributed by atoms with Gasteiger partial charge < -0.3 is 5.73 Å². The first kappa shape index (κ1) is 17.3. The third kappa shape index (κ3) is 1.99. The van der Waals surface area contributed by atoms with Crippen LogP contribution < -0.4 is 5.73 Å². The van der Waals surface area contributed by atoms with Crippen molar-refractivity contribution in [2.24, 2.45) is 5.73 Å². The first-order chi connectivity index (χ1) is 10.2. The van der Waals surface area contributed by atoms with E-state index >= 15 is 0 Å². The highest BCUT2D eigenvalue weighted by Gasteiger charge is 2.70. The van der Waals surface area contributed by atoms with Crippen LogP contribution in [0, 0.1) is 23.3 Å². The lowest BCUT2D eigenvalue weighted by molar-refractivity contribution is -0.175. The second-order valence-corrected chi connectivity index (χ2v) is 4.44. The monoisotopic (exact) mass is 357 g/mol. The molecule has 0 bridgehead atoms. The molecule has 0 aromatic heterocycles. The molecular weight excluding hydrogens is 355 g/mol. The lowest BCUT2D eigenvalue weighted by Gasteiger charge is -2.21. The Kier molecular flexibility index (Phi) is 3.40. The zero-order valence-electron chi connectivity index (χ0n) is 10.2. The molecule has 0 atom stereocenters. The number of halogens is 11. The molecule has 0 radical (unpaired) electrons. The van der Waals surface area contributed by atoms with E-state index in [4.69, 9.17) is 0 Å². The number of alkyl halides is 7. The molecule has 0 spiro atoms. The van der Waals surface area contributed by atoms with Crippen molar-refractivity contribution < 1.29 is 48.3 Å². The molecule has 0 aliphatic heterocycles. The van der Waals surface area contributed by atoms with Gasteiger partial charge in [0.05, 0.1) is 11.1 Å². The van der Waals surface area contributed by atoms with Gasteiger partial charge in [-0.3, -0.25) is 0 Å². The highest BCUT2D eigenvalue weighted by atomic mass is 19.4. The fourth-order valence-corrected chi connectivity index (χ4v) is 2.08. The van der Waals surface area contributed by atoms with Crippen LogP contribution in [0.3, 0.4) is 0 Å². The Morgan fingerprint density at radius 1 is 0.739 bits per heavy atom. The molecule has 1 aromatic carbocycles. The zero-order chi connectivity index (χ0) is 18.1. The maximum atomic E-state index is 13.6. The van der Waals surface area contributed by atoms with E-state index in [1.807, 2.05) is 0 Å². The normalized spacial score (nSPS) is 21.3. The first-order valence-electron chi connectivity index (χ1n) is 5.37. The lowest BCUT2D eigenvalue weighted by atomic mass is 10.0. The van der Waals surface area contributed by atoms with Crippen molar-refractivity contribution in [3.63, 3.8) is 0 Å². The number of fused-ring (bicyclic) bond motifs is 1. The Balaban J connectivity index is 3.10. The molecule has 1 aliphatic rings. The molecule has 1 nitrogen and oxygen atoms in total. The van der Waals surface area contributed by atoms with Gasteiger partial charge in [-0.05, 0) is 0 Å². The Morgan fingerprint density at radius 2 is 1.17 bits per heavy atom. The van der Waals surface area contributed by atoms with Crippen LogP contribution in [-0.4, -0.2) is 12.1 Å². The van der Waals surface area contributed by atoms with Crippen molar-refractivity contribution in [3.8, 4) is 0 Å². The molecule has 1 aromatic rings. The van der Waals surface area contributed by atoms with Gasteiger partial charge in [-0.25, -0.2) is 17.6 Å². The minimum Gasteiger partial charge on any atom is -0.394 e. The molecular formula is C11H2F11N. The van der Waals surface area contributed by atoms with E-state index in [0.29, 0.717) is 0 Å². The van der Waals surface area contributed by atoms with Gasteiger partial charge in [-0.2, -0.15) is 30.7 Å². The number of allylic oxidation sites excluding steroid dienone is 2. The maximum absolute atomic E-state index is 13.6. The summed E-state index contributed by atoms with van der Waals surface area (Å²) < 4.78 is 145. The standard InChI is InChI=1S/C11H2F11N/c12-4-1-2(5(13)7(15)6(4)14)9(16,17)10(18,19)3(1)8(23)11(20,21)22/h23H2. The molecule has 128 valence electrons. The van der Waals surface area contributed by atoms with E-state index in [2.05, 4.69) is 5.73 Å². The fourth-order valence-electron chi connectivity index (χ4n) is 2.08. The van der Waals surface area contributed by atoms with Gasteiger partial charge >= 0.3 is 18.0 Å². The molecule has 1 aliphatic carbocycles. The smallest absolute Gasteiger partial charge is 0.394 e. The molecule has 0 amide bonds. The van der Waals surface area contributed by atoms with Crippen LogP contribution in [-0.2, 0) is 5.92 Å². The van der Waals surface area contributed by atoms with Crippen molar-refractivity contribution in [3.05, 3.63) is 40.1 Å². The van der Waals surface area contributed by atoms with Gasteiger partial charge in [0, 0.05) is 5.56 Å². The van der Waals surface area contributed by atoms with Gasteiger partial charge in [0.15, 0.2) is 23.3 Å². The number of hydrogen-bond donors (Lipinski definition) is 1. The topological polar surface area (TPSA) is 26.0 Å². The summed E-state index contributed by atoms with van der Waals surface area (Å²) in [7, 11) is 0. The molecule has 12 heteroatoms. The van der Waals surface area contributed by atoms with Gasteiger partial charge in [0.2, 0.25) is 0 Å². The third-order valence-corrected chi connectivity index (χ3v) is 3.11. The van der Waals surface area contributed by atoms with Crippen LogP contribution >= 0.6 is 0 Å². The molecule has 0 unspecified atom stereocenters. The van der Waals surface area contributed by atoms with Crippen LogP contribution in [0.25, 0.3) is 5.57 Å². The van der Waals surface area contributed by atoms with Crippen molar-refractivity contribution >= 4 is 5.57 Å². The Bertz CT molecular complexity index is 729. The predicted molar refractivity (Wildman–Crippen MR) is 52.3 cm³/mol. The molecule has 0 saturated carbocycles. The van der Waals surface area contributed by atoms with Crippen LogP contribution in [0.2, 0.25) is 0 Å². The first-order valence-corrected chi connectivity index (χ1v) is 5.37. The van der Waals surface area contributed by atoms with E-state index in [0.717, 1.165) is 0 Å². The number of hydrogen-bond acceptors (Lipinski definition) is 1. The van der Waals surface area contributed by atoms with Crippen LogP contribution in [0.5, 0.6) is 0 Å². The number of rotatable bonds is 0. The van der Waals surface area contributed by atoms with Crippen molar-refractivity contribution in [2.75, 3.05) is 0 Å². The quantitative estimate of drug-likeness (QED) is 0.420. The van der Waals surface area contributed by atoms with Crippen molar-refractivity contribution in [1.29, 1.82) is 0 Å². The Morgan fingerprint density at radius 3 is 1.61 bits per heavy atom. The maximum Gasteiger partial charge on any atom is 0.431 e.